The minimum atomic E-state index is -0.159. The Balaban J connectivity index is 1.68. The van der Waals surface area contributed by atoms with Gasteiger partial charge in [0, 0.05) is 12.7 Å². The monoisotopic (exact) mass is 383 g/mol. The van der Waals surface area contributed by atoms with Crippen molar-refractivity contribution in [3.8, 4) is 11.5 Å². The van der Waals surface area contributed by atoms with Crippen LogP contribution in [-0.4, -0.2) is 26.2 Å². The van der Waals surface area contributed by atoms with Gasteiger partial charge in [-0.25, -0.2) is 0 Å². The third kappa shape index (κ3) is 5.04. The Morgan fingerprint density at radius 1 is 1.11 bits per heavy atom. The second kappa shape index (κ2) is 9.60. The number of carbonyl (C=O) groups excluding carboxylic acids is 1. The van der Waals surface area contributed by atoms with Gasteiger partial charge in [0.15, 0.2) is 11.5 Å². The fourth-order valence-corrected chi connectivity index (χ4v) is 3.57. The van der Waals surface area contributed by atoms with E-state index in [0.29, 0.717) is 17.9 Å². The smallest absolute Gasteiger partial charge is 0.251 e. The van der Waals surface area contributed by atoms with Gasteiger partial charge in [-0.15, -0.1) is 0 Å². The van der Waals surface area contributed by atoms with Crippen LogP contribution < -0.4 is 14.8 Å². The molecule has 5 nitrogen and oxygen atoms in total. The summed E-state index contributed by atoms with van der Waals surface area (Å²) in [4.78, 5) is 12.6. The highest BCUT2D eigenvalue weighted by Gasteiger charge is 2.19. The zero-order chi connectivity index (χ0) is 19.9. The van der Waals surface area contributed by atoms with Gasteiger partial charge in [0.25, 0.3) is 5.91 Å². The van der Waals surface area contributed by atoms with E-state index in [1.165, 1.54) is 12.8 Å². The lowest BCUT2D eigenvalue weighted by atomic mass is 10.1. The molecule has 0 aliphatic heterocycles. The van der Waals surface area contributed by atoms with E-state index in [1.54, 1.807) is 20.3 Å². The highest BCUT2D eigenvalue weighted by molar-refractivity contribution is 5.94. The molecular formula is C23H29NO4. The van der Waals surface area contributed by atoms with Gasteiger partial charge in [-0.1, -0.05) is 18.2 Å². The van der Waals surface area contributed by atoms with Crippen LogP contribution in [0.25, 0.3) is 0 Å². The molecule has 28 heavy (non-hydrogen) atoms. The van der Waals surface area contributed by atoms with Gasteiger partial charge in [-0.2, -0.15) is 0 Å². The van der Waals surface area contributed by atoms with Crippen molar-refractivity contribution >= 4 is 5.91 Å². The Labute approximate surface area is 167 Å². The molecule has 2 aromatic carbocycles. The molecule has 1 aliphatic rings. The maximum Gasteiger partial charge on any atom is 0.251 e. The van der Waals surface area contributed by atoms with E-state index in [9.17, 15) is 4.79 Å². The third-order valence-electron chi connectivity index (χ3n) is 5.13. The zero-order valence-electron chi connectivity index (χ0n) is 16.9. The summed E-state index contributed by atoms with van der Waals surface area (Å²) >= 11 is 0. The number of methoxy groups -OCH3 is 2. The standard InChI is InChI=1S/C23H29NO4/c1-16(24-23(25)19-8-6-7-17(13-19)15-26-2)18-11-12-21(22(14-18)27-3)28-20-9-4-5-10-20/h6-8,11-14,16,20H,4-5,9-10,15H2,1-3H3,(H,24,25)/t16-/m0/s1. The molecule has 1 saturated carbocycles. The lowest BCUT2D eigenvalue weighted by Crippen LogP contribution is -2.26. The Morgan fingerprint density at radius 3 is 2.61 bits per heavy atom. The average molecular weight is 383 g/mol. The van der Waals surface area contributed by atoms with Crippen molar-refractivity contribution in [1.29, 1.82) is 0 Å². The Bertz CT molecular complexity index is 799. The molecule has 3 rings (SSSR count). The highest BCUT2D eigenvalue weighted by Crippen LogP contribution is 2.33. The average Bonchev–Trinajstić information content (AvgIpc) is 3.21. The predicted molar refractivity (Wildman–Crippen MR) is 109 cm³/mol. The summed E-state index contributed by atoms with van der Waals surface area (Å²) in [7, 11) is 3.29. The number of amides is 1. The van der Waals surface area contributed by atoms with Crippen molar-refractivity contribution < 1.29 is 19.0 Å². The van der Waals surface area contributed by atoms with E-state index < -0.39 is 0 Å². The lowest BCUT2D eigenvalue weighted by Gasteiger charge is -2.19. The van der Waals surface area contributed by atoms with Crippen LogP contribution in [0.4, 0.5) is 0 Å². The van der Waals surface area contributed by atoms with Crippen molar-refractivity contribution in [2.24, 2.45) is 0 Å². The van der Waals surface area contributed by atoms with Crippen LogP contribution in [0.1, 0.15) is 60.1 Å². The van der Waals surface area contributed by atoms with Crippen LogP contribution in [0.5, 0.6) is 11.5 Å². The van der Waals surface area contributed by atoms with Crippen LogP contribution >= 0.6 is 0 Å². The number of carbonyl (C=O) groups is 1. The number of rotatable bonds is 8. The Morgan fingerprint density at radius 2 is 1.89 bits per heavy atom. The minimum absolute atomic E-state index is 0.115. The molecule has 1 aliphatic carbocycles. The van der Waals surface area contributed by atoms with E-state index in [2.05, 4.69) is 5.32 Å². The maximum absolute atomic E-state index is 12.6. The molecule has 0 aromatic heterocycles. The highest BCUT2D eigenvalue weighted by atomic mass is 16.5. The first-order valence-electron chi connectivity index (χ1n) is 9.84. The molecular weight excluding hydrogens is 354 g/mol. The van der Waals surface area contributed by atoms with Gasteiger partial charge in [0.1, 0.15) is 0 Å². The zero-order valence-corrected chi connectivity index (χ0v) is 16.9. The molecule has 150 valence electrons. The SMILES string of the molecule is COCc1cccc(C(=O)N[C@@H](C)c2ccc(OC3CCCC3)c(OC)c2)c1. The number of benzene rings is 2. The third-order valence-corrected chi connectivity index (χ3v) is 5.13. The van der Waals surface area contributed by atoms with Gasteiger partial charge in [-0.3, -0.25) is 4.79 Å². The molecule has 1 fully saturated rings. The first kappa shape index (κ1) is 20.2. The van der Waals surface area contributed by atoms with Gasteiger partial charge >= 0.3 is 0 Å². The summed E-state index contributed by atoms with van der Waals surface area (Å²) in [6.07, 6.45) is 4.91. The fourth-order valence-electron chi connectivity index (χ4n) is 3.57. The normalized spacial score (nSPS) is 15.2. The maximum atomic E-state index is 12.6. The second-order valence-electron chi connectivity index (χ2n) is 7.26. The lowest BCUT2D eigenvalue weighted by molar-refractivity contribution is 0.0939. The molecule has 1 atom stereocenters. The van der Waals surface area contributed by atoms with Gasteiger partial charge in [0.2, 0.25) is 0 Å². The number of hydrogen-bond donors (Lipinski definition) is 1. The van der Waals surface area contributed by atoms with Gasteiger partial charge < -0.3 is 19.5 Å². The molecule has 0 unspecified atom stereocenters. The van der Waals surface area contributed by atoms with Crippen LogP contribution in [0, 0.1) is 0 Å². The van der Waals surface area contributed by atoms with Crippen molar-refractivity contribution in [3.05, 3.63) is 59.2 Å². The number of nitrogens with one attached hydrogen (secondary N) is 1. The fraction of sp³-hybridized carbons (Fsp3) is 0.435. The number of ether oxygens (including phenoxy) is 3. The largest absolute Gasteiger partial charge is 0.493 e. The van der Waals surface area contributed by atoms with E-state index in [1.807, 2.05) is 43.3 Å². The number of hydrogen-bond acceptors (Lipinski definition) is 4. The Hall–Kier alpha value is -2.53. The molecule has 1 N–H and O–H groups in total. The molecule has 1 amide bonds. The van der Waals surface area contributed by atoms with E-state index in [-0.39, 0.29) is 18.1 Å². The molecule has 0 spiro atoms. The molecule has 0 heterocycles. The summed E-state index contributed by atoms with van der Waals surface area (Å²) in [5.74, 6) is 1.35. The van der Waals surface area contributed by atoms with Crippen molar-refractivity contribution in [2.45, 2.75) is 51.4 Å². The summed E-state index contributed by atoms with van der Waals surface area (Å²) in [6.45, 7) is 2.44. The summed E-state index contributed by atoms with van der Waals surface area (Å²) in [6, 6.07) is 13.2. The molecule has 5 heteroatoms. The molecule has 0 radical (unpaired) electrons. The van der Waals surface area contributed by atoms with Crippen LogP contribution in [0.2, 0.25) is 0 Å². The van der Waals surface area contributed by atoms with Crippen molar-refractivity contribution in [2.75, 3.05) is 14.2 Å². The first-order valence-corrected chi connectivity index (χ1v) is 9.84. The van der Waals surface area contributed by atoms with Crippen molar-refractivity contribution in [1.82, 2.24) is 5.32 Å². The van der Waals surface area contributed by atoms with Crippen LogP contribution in [0.15, 0.2) is 42.5 Å². The van der Waals surface area contributed by atoms with E-state index >= 15 is 0 Å². The topological polar surface area (TPSA) is 56.8 Å². The van der Waals surface area contributed by atoms with Crippen LogP contribution in [0.3, 0.4) is 0 Å². The molecule has 0 bridgehead atoms. The second-order valence-corrected chi connectivity index (χ2v) is 7.26. The molecule has 0 saturated heterocycles. The van der Waals surface area contributed by atoms with Crippen molar-refractivity contribution in [3.63, 3.8) is 0 Å². The quantitative estimate of drug-likeness (QED) is 0.721. The minimum Gasteiger partial charge on any atom is -0.493 e. The Kier molecular flexibility index (Phi) is 6.93. The van der Waals surface area contributed by atoms with Crippen LogP contribution in [-0.2, 0) is 11.3 Å². The summed E-state index contributed by atoms with van der Waals surface area (Å²) < 4.78 is 16.8. The summed E-state index contributed by atoms with van der Waals surface area (Å²) in [5, 5.41) is 3.05. The van der Waals surface area contributed by atoms with Gasteiger partial charge in [-0.05, 0) is 68.0 Å². The van der Waals surface area contributed by atoms with E-state index in [0.717, 1.165) is 29.7 Å². The molecule has 2 aromatic rings. The summed E-state index contributed by atoms with van der Waals surface area (Å²) in [5.41, 5.74) is 2.56. The van der Waals surface area contributed by atoms with E-state index in [4.69, 9.17) is 14.2 Å². The first-order chi connectivity index (χ1) is 13.6. The van der Waals surface area contributed by atoms with Gasteiger partial charge in [0.05, 0.1) is 25.9 Å². The predicted octanol–water partition coefficient (Wildman–Crippen LogP) is 4.65.